The first-order chi connectivity index (χ1) is 10.1. The fraction of sp³-hybridized carbons (Fsp3) is 0.278. The second-order valence-electron chi connectivity index (χ2n) is 5.15. The van der Waals surface area contributed by atoms with Crippen molar-refractivity contribution in [3.63, 3.8) is 0 Å². The van der Waals surface area contributed by atoms with Gasteiger partial charge >= 0.3 is 0 Å². The molecule has 0 spiro atoms. The molecule has 0 saturated heterocycles. The molecule has 2 rings (SSSR count). The molecule has 0 aliphatic heterocycles. The standard InChI is InChI=1S/C18H20O3/c1-13(19)14(2)21-12-15-8-10-17(11-9-15)18(20)16-6-4-3-5-7-16/h3-11,13-14,19H,12H2,1-2H3. The number of carbonyl (C=O) groups is 1. The van der Waals surface area contributed by atoms with Crippen molar-refractivity contribution < 1.29 is 14.6 Å². The Labute approximate surface area is 125 Å². The van der Waals surface area contributed by atoms with Crippen molar-refractivity contribution in [2.45, 2.75) is 32.7 Å². The lowest BCUT2D eigenvalue weighted by Gasteiger charge is -2.15. The van der Waals surface area contributed by atoms with Crippen molar-refractivity contribution in [2.75, 3.05) is 0 Å². The highest BCUT2D eigenvalue weighted by atomic mass is 16.5. The molecule has 3 nitrogen and oxygen atoms in total. The first kappa shape index (κ1) is 15.4. The summed E-state index contributed by atoms with van der Waals surface area (Å²) in [4.78, 5) is 12.2. The van der Waals surface area contributed by atoms with E-state index in [9.17, 15) is 9.90 Å². The SMILES string of the molecule is CC(O)C(C)OCc1ccc(C(=O)c2ccccc2)cc1. The largest absolute Gasteiger partial charge is 0.391 e. The molecule has 0 radical (unpaired) electrons. The molecule has 0 saturated carbocycles. The average molecular weight is 284 g/mol. The van der Waals surface area contributed by atoms with Crippen molar-refractivity contribution in [3.8, 4) is 0 Å². The van der Waals surface area contributed by atoms with Gasteiger partial charge in [-0.05, 0) is 19.4 Å². The summed E-state index contributed by atoms with van der Waals surface area (Å²) in [6.45, 7) is 3.95. The summed E-state index contributed by atoms with van der Waals surface area (Å²) in [6.07, 6.45) is -0.709. The smallest absolute Gasteiger partial charge is 0.193 e. The molecule has 21 heavy (non-hydrogen) atoms. The van der Waals surface area contributed by atoms with Gasteiger partial charge in [0.25, 0.3) is 0 Å². The lowest BCUT2D eigenvalue weighted by molar-refractivity contribution is -0.0268. The third-order valence-electron chi connectivity index (χ3n) is 3.44. The molecule has 2 aromatic rings. The van der Waals surface area contributed by atoms with Gasteiger partial charge in [-0.15, -0.1) is 0 Å². The number of ether oxygens (including phenoxy) is 1. The highest BCUT2D eigenvalue weighted by molar-refractivity contribution is 6.08. The van der Waals surface area contributed by atoms with E-state index >= 15 is 0 Å². The minimum atomic E-state index is -0.496. The first-order valence-corrected chi connectivity index (χ1v) is 7.06. The topological polar surface area (TPSA) is 46.5 Å². The van der Waals surface area contributed by atoms with Crippen LogP contribution in [-0.4, -0.2) is 23.1 Å². The monoisotopic (exact) mass is 284 g/mol. The number of hydrogen-bond donors (Lipinski definition) is 1. The van der Waals surface area contributed by atoms with Crippen LogP contribution in [0.15, 0.2) is 54.6 Å². The highest BCUT2D eigenvalue weighted by Gasteiger charge is 2.10. The van der Waals surface area contributed by atoms with Crippen LogP contribution < -0.4 is 0 Å². The maximum atomic E-state index is 12.2. The van der Waals surface area contributed by atoms with Gasteiger partial charge in [0, 0.05) is 11.1 Å². The Bertz CT molecular complexity index is 573. The Morgan fingerprint density at radius 1 is 1.00 bits per heavy atom. The molecule has 1 N–H and O–H groups in total. The summed E-state index contributed by atoms with van der Waals surface area (Å²) in [7, 11) is 0. The van der Waals surface area contributed by atoms with Crippen LogP contribution in [0.3, 0.4) is 0 Å². The van der Waals surface area contributed by atoms with Crippen LogP contribution in [0.1, 0.15) is 35.3 Å². The maximum Gasteiger partial charge on any atom is 0.193 e. The molecule has 0 bridgehead atoms. The number of carbonyl (C=O) groups excluding carboxylic acids is 1. The van der Waals surface area contributed by atoms with Crippen LogP contribution in [0.5, 0.6) is 0 Å². The van der Waals surface area contributed by atoms with Gasteiger partial charge in [0.1, 0.15) is 0 Å². The van der Waals surface area contributed by atoms with Gasteiger partial charge in [-0.25, -0.2) is 0 Å². The zero-order valence-corrected chi connectivity index (χ0v) is 12.3. The van der Waals surface area contributed by atoms with E-state index < -0.39 is 6.10 Å². The molecule has 0 aliphatic rings. The van der Waals surface area contributed by atoms with Crippen molar-refractivity contribution in [1.82, 2.24) is 0 Å². The molecule has 0 aliphatic carbocycles. The van der Waals surface area contributed by atoms with E-state index in [0.717, 1.165) is 5.56 Å². The summed E-state index contributed by atoms with van der Waals surface area (Å²) < 4.78 is 5.54. The van der Waals surface area contributed by atoms with Crippen molar-refractivity contribution in [3.05, 3.63) is 71.3 Å². The number of hydrogen-bond acceptors (Lipinski definition) is 3. The molecule has 3 heteroatoms. The number of benzene rings is 2. The average Bonchev–Trinajstić information content (AvgIpc) is 2.53. The van der Waals surface area contributed by atoms with Crippen LogP contribution in [0.4, 0.5) is 0 Å². The second-order valence-corrected chi connectivity index (χ2v) is 5.15. The first-order valence-electron chi connectivity index (χ1n) is 7.06. The van der Waals surface area contributed by atoms with Crippen LogP contribution in [-0.2, 0) is 11.3 Å². The predicted molar refractivity (Wildman–Crippen MR) is 82.2 cm³/mol. The summed E-state index contributed by atoms with van der Waals surface area (Å²) in [6, 6.07) is 16.6. The van der Waals surface area contributed by atoms with Gasteiger partial charge in [0.15, 0.2) is 5.78 Å². The fourth-order valence-electron chi connectivity index (χ4n) is 1.88. The van der Waals surface area contributed by atoms with Crippen molar-refractivity contribution in [1.29, 1.82) is 0 Å². The third kappa shape index (κ3) is 4.25. The number of ketones is 1. The molecule has 0 heterocycles. The molecule has 0 fully saturated rings. The number of aliphatic hydroxyl groups is 1. The maximum absolute atomic E-state index is 12.2. The van der Waals surface area contributed by atoms with E-state index in [4.69, 9.17) is 4.74 Å². The van der Waals surface area contributed by atoms with Crippen LogP contribution in [0.2, 0.25) is 0 Å². The predicted octanol–water partition coefficient (Wildman–Crippen LogP) is 3.20. The van der Waals surface area contributed by atoms with E-state index in [-0.39, 0.29) is 11.9 Å². The zero-order chi connectivity index (χ0) is 15.2. The van der Waals surface area contributed by atoms with Gasteiger partial charge in [0.2, 0.25) is 0 Å². The van der Waals surface area contributed by atoms with Gasteiger partial charge in [0.05, 0.1) is 18.8 Å². The lowest BCUT2D eigenvalue weighted by Crippen LogP contribution is -2.22. The Hall–Kier alpha value is -1.97. The van der Waals surface area contributed by atoms with Crippen molar-refractivity contribution in [2.24, 2.45) is 0 Å². The summed E-state index contributed by atoms with van der Waals surface area (Å²) >= 11 is 0. The van der Waals surface area contributed by atoms with E-state index in [0.29, 0.717) is 17.7 Å². The molecule has 0 amide bonds. The van der Waals surface area contributed by atoms with Crippen molar-refractivity contribution >= 4 is 5.78 Å². The van der Waals surface area contributed by atoms with Gasteiger partial charge < -0.3 is 9.84 Å². The number of aliphatic hydroxyl groups excluding tert-OH is 1. The fourth-order valence-corrected chi connectivity index (χ4v) is 1.88. The molecule has 2 atom stereocenters. The molecular formula is C18H20O3. The van der Waals surface area contributed by atoms with E-state index in [1.807, 2.05) is 49.4 Å². The number of rotatable bonds is 6. The Morgan fingerprint density at radius 2 is 1.57 bits per heavy atom. The molecular weight excluding hydrogens is 264 g/mol. The summed E-state index contributed by atoms with van der Waals surface area (Å²) in [5.74, 6) is 0.0143. The van der Waals surface area contributed by atoms with E-state index in [2.05, 4.69) is 0 Å². The molecule has 2 aromatic carbocycles. The van der Waals surface area contributed by atoms with E-state index in [1.54, 1.807) is 19.1 Å². The van der Waals surface area contributed by atoms with Gasteiger partial charge in [-0.1, -0.05) is 54.6 Å². The summed E-state index contributed by atoms with van der Waals surface area (Å²) in [5, 5.41) is 9.37. The normalized spacial score (nSPS) is 13.7. The summed E-state index contributed by atoms with van der Waals surface area (Å²) in [5.41, 5.74) is 2.32. The Morgan fingerprint density at radius 3 is 2.14 bits per heavy atom. The van der Waals surface area contributed by atoms with Crippen LogP contribution >= 0.6 is 0 Å². The molecule has 110 valence electrons. The highest BCUT2D eigenvalue weighted by Crippen LogP contribution is 2.12. The molecule has 2 unspecified atom stereocenters. The minimum absolute atomic E-state index is 0.0143. The minimum Gasteiger partial charge on any atom is -0.391 e. The zero-order valence-electron chi connectivity index (χ0n) is 12.3. The third-order valence-corrected chi connectivity index (χ3v) is 3.44. The second kappa shape index (κ2) is 7.16. The Kier molecular flexibility index (Phi) is 5.26. The van der Waals surface area contributed by atoms with Gasteiger partial charge in [-0.2, -0.15) is 0 Å². The van der Waals surface area contributed by atoms with Crippen LogP contribution in [0, 0.1) is 0 Å². The Balaban J connectivity index is 2.01. The van der Waals surface area contributed by atoms with Gasteiger partial charge in [-0.3, -0.25) is 4.79 Å². The lowest BCUT2D eigenvalue weighted by atomic mass is 10.0. The van der Waals surface area contributed by atoms with Crippen LogP contribution in [0.25, 0.3) is 0 Å². The quantitative estimate of drug-likeness (QED) is 0.829. The van der Waals surface area contributed by atoms with E-state index in [1.165, 1.54) is 0 Å². The molecule has 0 aromatic heterocycles.